The minimum atomic E-state index is 0.397. The lowest BCUT2D eigenvalue weighted by atomic mass is 10.1. The Balaban J connectivity index is 2.04. The summed E-state index contributed by atoms with van der Waals surface area (Å²) >= 11 is 0. The van der Waals surface area contributed by atoms with Gasteiger partial charge in [-0.05, 0) is 30.2 Å². The predicted octanol–water partition coefficient (Wildman–Crippen LogP) is 3.18. The number of guanidine groups is 1. The summed E-state index contributed by atoms with van der Waals surface area (Å²) in [6, 6.07) is 15.9. The fourth-order valence-electron chi connectivity index (χ4n) is 2.06. The largest absolute Gasteiger partial charge is 0.496 e. The molecule has 0 aromatic heterocycles. The predicted molar refractivity (Wildman–Crippen MR) is 87.8 cm³/mol. The highest BCUT2D eigenvalue weighted by Gasteiger charge is 2.01. The standard InChI is InChI=1S/C17H21N3O/c1-3-13-7-6-9-15(11-13)20-17(18)19-12-14-8-4-5-10-16(14)21-2/h4-11H,3,12H2,1-2H3,(H3,18,19,20). The first-order valence-corrected chi connectivity index (χ1v) is 7.00. The van der Waals surface area contributed by atoms with Crippen LogP contribution in [0.15, 0.2) is 53.5 Å². The Morgan fingerprint density at radius 1 is 1.19 bits per heavy atom. The maximum atomic E-state index is 5.93. The molecule has 0 atom stereocenters. The van der Waals surface area contributed by atoms with Crippen LogP contribution in [0.5, 0.6) is 5.75 Å². The summed E-state index contributed by atoms with van der Waals surface area (Å²) in [5, 5.41) is 3.11. The molecule has 4 nitrogen and oxygen atoms in total. The van der Waals surface area contributed by atoms with Crippen LogP contribution in [0.3, 0.4) is 0 Å². The molecule has 0 aliphatic heterocycles. The summed E-state index contributed by atoms with van der Waals surface area (Å²) < 4.78 is 5.30. The number of nitrogens with one attached hydrogen (secondary N) is 1. The van der Waals surface area contributed by atoms with E-state index in [0.29, 0.717) is 12.5 Å². The average molecular weight is 283 g/mol. The molecule has 3 N–H and O–H groups in total. The van der Waals surface area contributed by atoms with Gasteiger partial charge in [0.25, 0.3) is 0 Å². The van der Waals surface area contributed by atoms with Crippen molar-refractivity contribution in [2.75, 3.05) is 12.4 Å². The molecule has 0 unspecified atom stereocenters. The zero-order chi connectivity index (χ0) is 15.1. The van der Waals surface area contributed by atoms with E-state index >= 15 is 0 Å². The first-order valence-electron chi connectivity index (χ1n) is 7.00. The summed E-state index contributed by atoms with van der Waals surface area (Å²) in [6.07, 6.45) is 0.994. The molecular weight excluding hydrogens is 262 g/mol. The third-order valence-electron chi connectivity index (χ3n) is 3.22. The van der Waals surface area contributed by atoms with Gasteiger partial charge < -0.3 is 15.8 Å². The highest BCUT2D eigenvalue weighted by molar-refractivity contribution is 5.92. The van der Waals surface area contributed by atoms with Gasteiger partial charge in [0.05, 0.1) is 13.7 Å². The molecule has 0 amide bonds. The summed E-state index contributed by atoms with van der Waals surface area (Å²) in [7, 11) is 1.65. The molecular formula is C17H21N3O. The molecule has 4 heteroatoms. The highest BCUT2D eigenvalue weighted by Crippen LogP contribution is 2.18. The van der Waals surface area contributed by atoms with Crippen molar-refractivity contribution in [3.05, 3.63) is 59.7 Å². The van der Waals surface area contributed by atoms with Gasteiger partial charge in [-0.2, -0.15) is 0 Å². The van der Waals surface area contributed by atoms with Crippen LogP contribution >= 0.6 is 0 Å². The Kier molecular flexibility index (Phi) is 5.21. The van der Waals surface area contributed by atoms with Crippen LogP contribution in [0.4, 0.5) is 5.69 Å². The summed E-state index contributed by atoms with van der Waals surface area (Å²) in [6.45, 7) is 2.61. The van der Waals surface area contributed by atoms with Crippen LogP contribution in [-0.4, -0.2) is 13.1 Å². The smallest absolute Gasteiger partial charge is 0.193 e. The lowest BCUT2D eigenvalue weighted by Crippen LogP contribution is -2.22. The second-order valence-corrected chi connectivity index (χ2v) is 4.69. The fraction of sp³-hybridized carbons (Fsp3) is 0.235. The number of anilines is 1. The van der Waals surface area contributed by atoms with Gasteiger partial charge in [0.1, 0.15) is 5.75 Å². The van der Waals surface area contributed by atoms with Crippen LogP contribution in [-0.2, 0) is 13.0 Å². The molecule has 0 bridgehead atoms. The molecule has 2 aromatic carbocycles. The van der Waals surface area contributed by atoms with Crippen molar-refractivity contribution in [3.63, 3.8) is 0 Å². The minimum Gasteiger partial charge on any atom is -0.496 e. The van der Waals surface area contributed by atoms with E-state index < -0.39 is 0 Å². The van der Waals surface area contributed by atoms with E-state index in [2.05, 4.69) is 29.4 Å². The second kappa shape index (κ2) is 7.33. The monoisotopic (exact) mass is 283 g/mol. The lowest BCUT2D eigenvalue weighted by Gasteiger charge is -2.08. The number of para-hydroxylation sites is 1. The van der Waals surface area contributed by atoms with E-state index in [1.54, 1.807) is 7.11 Å². The molecule has 0 aliphatic carbocycles. The van der Waals surface area contributed by atoms with Gasteiger partial charge in [0.15, 0.2) is 5.96 Å². The van der Waals surface area contributed by atoms with Crippen molar-refractivity contribution in [1.82, 2.24) is 0 Å². The molecule has 2 rings (SSSR count). The van der Waals surface area contributed by atoms with E-state index in [9.17, 15) is 0 Å². The second-order valence-electron chi connectivity index (χ2n) is 4.69. The minimum absolute atomic E-state index is 0.397. The zero-order valence-corrected chi connectivity index (χ0v) is 12.5. The van der Waals surface area contributed by atoms with E-state index in [1.807, 2.05) is 36.4 Å². The Labute approximate surface area is 125 Å². The number of ether oxygens (including phenoxy) is 1. The molecule has 0 saturated heterocycles. The van der Waals surface area contributed by atoms with Crippen LogP contribution in [0.25, 0.3) is 0 Å². The van der Waals surface area contributed by atoms with Gasteiger partial charge in [-0.25, -0.2) is 4.99 Å². The van der Waals surface area contributed by atoms with Crippen LogP contribution < -0.4 is 15.8 Å². The topological polar surface area (TPSA) is 59.6 Å². The Bertz CT molecular complexity index is 623. The Morgan fingerprint density at radius 3 is 2.76 bits per heavy atom. The molecule has 21 heavy (non-hydrogen) atoms. The SMILES string of the molecule is CCc1cccc(NC(N)=NCc2ccccc2OC)c1. The highest BCUT2D eigenvalue weighted by atomic mass is 16.5. The van der Waals surface area contributed by atoms with E-state index in [0.717, 1.165) is 23.4 Å². The van der Waals surface area contributed by atoms with Gasteiger partial charge in [0, 0.05) is 11.3 Å². The average Bonchev–Trinajstić information content (AvgIpc) is 2.53. The van der Waals surface area contributed by atoms with Crippen molar-refractivity contribution in [1.29, 1.82) is 0 Å². The number of aliphatic imine (C=N–C) groups is 1. The van der Waals surface area contributed by atoms with E-state index in [4.69, 9.17) is 10.5 Å². The number of aryl methyl sites for hydroxylation is 1. The quantitative estimate of drug-likeness (QED) is 0.654. The molecule has 2 aromatic rings. The van der Waals surface area contributed by atoms with Gasteiger partial charge in [0.2, 0.25) is 0 Å². The number of hydrogen-bond acceptors (Lipinski definition) is 2. The van der Waals surface area contributed by atoms with E-state index in [1.165, 1.54) is 5.56 Å². The molecule has 110 valence electrons. The van der Waals surface area contributed by atoms with Gasteiger partial charge in [-0.15, -0.1) is 0 Å². The molecule has 0 saturated carbocycles. The Hall–Kier alpha value is -2.49. The normalized spacial score (nSPS) is 11.2. The fourth-order valence-corrected chi connectivity index (χ4v) is 2.06. The number of hydrogen-bond donors (Lipinski definition) is 2. The van der Waals surface area contributed by atoms with Gasteiger partial charge in [-0.3, -0.25) is 0 Å². The molecule has 0 heterocycles. The maximum absolute atomic E-state index is 5.93. The molecule has 0 aliphatic rings. The first-order chi connectivity index (χ1) is 10.2. The summed E-state index contributed by atoms with van der Waals surface area (Å²) in [5.41, 5.74) is 9.16. The van der Waals surface area contributed by atoms with Crippen LogP contribution in [0.1, 0.15) is 18.1 Å². The van der Waals surface area contributed by atoms with Crippen molar-refractivity contribution in [3.8, 4) is 5.75 Å². The van der Waals surface area contributed by atoms with Crippen molar-refractivity contribution in [2.45, 2.75) is 19.9 Å². The number of rotatable bonds is 5. The van der Waals surface area contributed by atoms with E-state index in [-0.39, 0.29) is 0 Å². The lowest BCUT2D eigenvalue weighted by molar-refractivity contribution is 0.410. The molecule has 0 spiro atoms. The molecule has 0 radical (unpaired) electrons. The van der Waals surface area contributed by atoms with Crippen LogP contribution in [0, 0.1) is 0 Å². The zero-order valence-electron chi connectivity index (χ0n) is 12.5. The van der Waals surface area contributed by atoms with Crippen molar-refractivity contribution < 1.29 is 4.74 Å². The van der Waals surface area contributed by atoms with Gasteiger partial charge in [-0.1, -0.05) is 37.3 Å². The van der Waals surface area contributed by atoms with Crippen molar-refractivity contribution >= 4 is 11.6 Å². The number of benzene rings is 2. The number of nitrogens with two attached hydrogens (primary N) is 1. The number of methoxy groups -OCH3 is 1. The number of nitrogens with zero attached hydrogens (tertiary/aromatic N) is 1. The summed E-state index contributed by atoms with van der Waals surface area (Å²) in [4.78, 5) is 4.36. The maximum Gasteiger partial charge on any atom is 0.193 e. The third kappa shape index (κ3) is 4.24. The first kappa shape index (κ1) is 14.9. The van der Waals surface area contributed by atoms with Crippen LogP contribution in [0.2, 0.25) is 0 Å². The third-order valence-corrected chi connectivity index (χ3v) is 3.22. The molecule has 0 fully saturated rings. The Morgan fingerprint density at radius 2 is 2.00 bits per heavy atom. The van der Waals surface area contributed by atoms with Gasteiger partial charge >= 0.3 is 0 Å². The summed E-state index contributed by atoms with van der Waals surface area (Å²) in [5.74, 6) is 1.22. The van der Waals surface area contributed by atoms with Crippen molar-refractivity contribution in [2.24, 2.45) is 10.7 Å².